The Bertz CT molecular complexity index is 735. The van der Waals surface area contributed by atoms with E-state index in [0.717, 1.165) is 0 Å². The van der Waals surface area contributed by atoms with E-state index >= 15 is 0 Å². The van der Waals surface area contributed by atoms with Crippen LogP contribution in [0.1, 0.15) is 23.2 Å². The summed E-state index contributed by atoms with van der Waals surface area (Å²) >= 11 is 5.80. The lowest BCUT2D eigenvalue weighted by Gasteiger charge is -2.33. The van der Waals surface area contributed by atoms with Crippen LogP contribution in [0.25, 0.3) is 0 Å². The number of methoxy groups -OCH3 is 1. The summed E-state index contributed by atoms with van der Waals surface area (Å²) in [5, 5.41) is 12.1. The smallest absolute Gasteiger partial charge is 0.356 e. The summed E-state index contributed by atoms with van der Waals surface area (Å²) in [5.41, 5.74) is -0.870. The molecule has 8 heteroatoms. The maximum absolute atomic E-state index is 14.2. The third kappa shape index (κ3) is 3.46. The molecule has 0 aliphatic carbocycles. The van der Waals surface area contributed by atoms with E-state index in [2.05, 4.69) is 10.3 Å². The zero-order valence-corrected chi connectivity index (χ0v) is 13.7. The van der Waals surface area contributed by atoms with Crippen LogP contribution in [0.4, 0.5) is 10.1 Å². The highest BCUT2D eigenvalue weighted by molar-refractivity contribution is 6.31. The molecule has 0 radical (unpaired) electrons. The Morgan fingerprint density at radius 3 is 2.83 bits per heavy atom. The first kappa shape index (κ1) is 17.2. The molecule has 0 unspecified atom stereocenters. The number of carbonyl (C=O) groups is 1. The number of ether oxygens (including phenoxy) is 1. The van der Waals surface area contributed by atoms with Gasteiger partial charge in [0.25, 0.3) is 0 Å². The van der Waals surface area contributed by atoms with Crippen molar-refractivity contribution in [2.75, 3.05) is 19.0 Å². The van der Waals surface area contributed by atoms with Crippen LogP contribution in [0.3, 0.4) is 0 Å². The summed E-state index contributed by atoms with van der Waals surface area (Å²) in [7, 11) is 1.50. The van der Waals surface area contributed by atoms with Gasteiger partial charge in [-0.25, -0.2) is 14.2 Å². The second-order valence-corrected chi connectivity index (χ2v) is 5.69. The van der Waals surface area contributed by atoms with Crippen molar-refractivity contribution in [2.45, 2.75) is 19.5 Å². The molecular formula is C15H17ClFN3O3. The number of aromatic nitrogens is 2. The zero-order valence-electron chi connectivity index (χ0n) is 12.9. The summed E-state index contributed by atoms with van der Waals surface area (Å²) in [4.78, 5) is 15.1. The molecule has 2 N–H and O–H groups in total. The fourth-order valence-corrected chi connectivity index (χ4v) is 2.59. The number of rotatable bonds is 6. The number of halogens is 2. The molecule has 1 aromatic carbocycles. The number of aryl methyl sites for hydroxylation is 1. The first-order chi connectivity index (χ1) is 10.8. The topological polar surface area (TPSA) is 76.4 Å². The average molecular weight is 342 g/mol. The molecule has 2 aromatic rings. The van der Waals surface area contributed by atoms with Crippen molar-refractivity contribution >= 4 is 23.3 Å². The molecule has 1 heterocycles. The van der Waals surface area contributed by atoms with Gasteiger partial charge in [-0.3, -0.25) is 0 Å². The van der Waals surface area contributed by atoms with Crippen LogP contribution in [0.5, 0.6) is 0 Å². The lowest BCUT2D eigenvalue weighted by molar-refractivity contribution is 0.0690. The molecule has 6 nitrogen and oxygen atoms in total. The first-order valence-electron chi connectivity index (χ1n) is 6.79. The minimum atomic E-state index is -1.14. The van der Waals surface area contributed by atoms with Crippen LogP contribution in [0.15, 0.2) is 24.4 Å². The Morgan fingerprint density at radius 2 is 2.26 bits per heavy atom. The number of nitrogens with zero attached hydrogens (tertiary/aromatic N) is 2. The van der Waals surface area contributed by atoms with E-state index in [-0.39, 0.29) is 23.0 Å². The molecule has 124 valence electrons. The quantitative estimate of drug-likeness (QED) is 0.844. The molecule has 0 aliphatic heterocycles. The number of hydrogen-bond acceptors (Lipinski definition) is 4. The van der Waals surface area contributed by atoms with Gasteiger partial charge in [0.05, 0.1) is 17.3 Å². The predicted octanol–water partition coefficient (Wildman–Crippen LogP) is 3.11. The molecule has 0 fully saturated rings. The number of imidazole rings is 1. The van der Waals surface area contributed by atoms with Crippen molar-refractivity contribution in [3.63, 3.8) is 0 Å². The number of carboxylic acids is 1. The van der Waals surface area contributed by atoms with E-state index in [0.29, 0.717) is 5.82 Å². The van der Waals surface area contributed by atoms with Gasteiger partial charge in [-0.2, -0.15) is 0 Å². The van der Waals surface area contributed by atoms with Crippen molar-refractivity contribution in [2.24, 2.45) is 0 Å². The van der Waals surface area contributed by atoms with Gasteiger partial charge in [0.2, 0.25) is 0 Å². The van der Waals surface area contributed by atoms with Gasteiger partial charge in [-0.1, -0.05) is 17.7 Å². The molecule has 1 atom stereocenters. The summed E-state index contributed by atoms with van der Waals surface area (Å²) in [6.07, 6.45) is 1.38. The van der Waals surface area contributed by atoms with Crippen LogP contribution in [-0.4, -0.2) is 34.3 Å². The highest BCUT2D eigenvalue weighted by atomic mass is 35.5. The zero-order chi connectivity index (χ0) is 17.2. The van der Waals surface area contributed by atoms with Crippen molar-refractivity contribution in [1.29, 1.82) is 0 Å². The Balaban J connectivity index is 2.47. The fraction of sp³-hybridized carbons (Fsp3) is 0.333. The predicted molar refractivity (Wildman–Crippen MR) is 84.5 cm³/mol. The van der Waals surface area contributed by atoms with Gasteiger partial charge in [0.1, 0.15) is 11.5 Å². The summed E-state index contributed by atoms with van der Waals surface area (Å²) in [5.74, 6) is -1.27. The second-order valence-electron chi connectivity index (χ2n) is 5.28. The number of hydrogen-bond donors (Lipinski definition) is 2. The van der Waals surface area contributed by atoms with E-state index in [9.17, 15) is 9.18 Å². The van der Waals surface area contributed by atoms with E-state index in [1.165, 1.54) is 19.4 Å². The van der Waals surface area contributed by atoms with Crippen LogP contribution in [0.2, 0.25) is 5.02 Å². The van der Waals surface area contributed by atoms with E-state index in [1.54, 1.807) is 30.5 Å². The molecule has 0 amide bonds. The van der Waals surface area contributed by atoms with Crippen molar-refractivity contribution in [1.82, 2.24) is 9.55 Å². The number of aromatic carboxylic acids is 1. The van der Waals surface area contributed by atoms with Gasteiger partial charge >= 0.3 is 5.97 Å². The average Bonchev–Trinajstić information content (AvgIpc) is 2.87. The number of carboxylic acid groups (broad SMARTS) is 1. The summed E-state index contributed by atoms with van der Waals surface area (Å²) < 4.78 is 21.0. The van der Waals surface area contributed by atoms with Gasteiger partial charge in [0.15, 0.2) is 11.5 Å². The van der Waals surface area contributed by atoms with Crippen LogP contribution < -0.4 is 5.32 Å². The van der Waals surface area contributed by atoms with Crippen molar-refractivity contribution in [3.8, 4) is 0 Å². The molecule has 0 bridgehead atoms. The summed E-state index contributed by atoms with van der Waals surface area (Å²) in [6, 6.07) is 4.60. The first-order valence-corrected chi connectivity index (χ1v) is 7.17. The van der Waals surface area contributed by atoms with Gasteiger partial charge in [-0.05, 0) is 26.0 Å². The van der Waals surface area contributed by atoms with Crippen molar-refractivity contribution in [3.05, 3.63) is 46.8 Å². The number of benzene rings is 1. The Kier molecular flexibility index (Phi) is 4.91. The Morgan fingerprint density at radius 1 is 1.57 bits per heavy atom. The molecule has 0 spiro atoms. The largest absolute Gasteiger partial charge is 0.476 e. The van der Waals surface area contributed by atoms with E-state index in [4.69, 9.17) is 21.4 Å². The van der Waals surface area contributed by atoms with E-state index < -0.39 is 17.4 Å². The SMILES string of the molecule is COC[C@](C)(Nc1cccc(Cl)c1F)n1cc(C(=O)O)nc1C. The maximum Gasteiger partial charge on any atom is 0.356 e. The minimum absolute atomic E-state index is 0.0108. The Hall–Kier alpha value is -2.12. The van der Waals surface area contributed by atoms with Crippen LogP contribution in [0, 0.1) is 12.7 Å². The highest BCUT2D eigenvalue weighted by Gasteiger charge is 2.30. The molecule has 1 aromatic heterocycles. The number of nitrogens with one attached hydrogen (secondary N) is 1. The van der Waals surface area contributed by atoms with Crippen LogP contribution >= 0.6 is 11.6 Å². The molecular weight excluding hydrogens is 325 g/mol. The molecule has 2 rings (SSSR count). The molecule has 0 aliphatic rings. The minimum Gasteiger partial charge on any atom is -0.476 e. The monoisotopic (exact) mass is 341 g/mol. The molecule has 23 heavy (non-hydrogen) atoms. The third-order valence-electron chi connectivity index (χ3n) is 3.41. The van der Waals surface area contributed by atoms with Gasteiger partial charge in [0, 0.05) is 13.3 Å². The van der Waals surface area contributed by atoms with E-state index in [1.807, 2.05) is 0 Å². The highest BCUT2D eigenvalue weighted by Crippen LogP contribution is 2.28. The maximum atomic E-state index is 14.2. The fourth-order valence-electron chi connectivity index (χ4n) is 2.41. The lowest BCUT2D eigenvalue weighted by atomic mass is 10.1. The van der Waals surface area contributed by atoms with Gasteiger partial charge in [-0.15, -0.1) is 0 Å². The number of anilines is 1. The second kappa shape index (κ2) is 6.55. The standard InChI is InChI=1S/C15H17ClFN3O3/c1-9-18-12(14(21)22)7-20(9)15(2,8-23-3)19-11-6-4-5-10(16)13(11)17/h4-7,19H,8H2,1-3H3,(H,21,22)/t15-/m1/s1. The summed E-state index contributed by atoms with van der Waals surface area (Å²) in [6.45, 7) is 3.56. The third-order valence-corrected chi connectivity index (χ3v) is 3.71. The molecule has 0 saturated carbocycles. The van der Waals surface area contributed by atoms with Gasteiger partial charge < -0.3 is 19.7 Å². The normalized spacial score (nSPS) is 13.6. The van der Waals surface area contributed by atoms with Crippen molar-refractivity contribution < 1.29 is 19.0 Å². The molecule has 0 saturated heterocycles. The Labute approximate surface area is 137 Å². The van der Waals surface area contributed by atoms with Crippen LogP contribution in [-0.2, 0) is 10.4 Å². The lowest BCUT2D eigenvalue weighted by Crippen LogP contribution is -2.43.